The van der Waals surface area contributed by atoms with E-state index in [0.29, 0.717) is 5.95 Å². The van der Waals surface area contributed by atoms with Gasteiger partial charge in [-0.2, -0.15) is 4.98 Å². The van der Waals surface area contributed by atoms with Gasteiger partial charge in [-0.3, -0.25) is 0 Å². The Morgan fingerprint density at radius 2 is 1.92 bits per heavy atom. The van der Waals surface area contributed by atoms with Crippen molar-refractivity contribution in [2.24, 2.45) is 0 Å². The molecule has 0 atom stereocenters. The van der Waals surface area contributed by atoms with Crippen LogP contribution in [0.2, 0.25) is 0 Å². The zero-order chi connectivity index (χ0) is 16.4. The van der Waals surface area contributed by atoms with Crippen LogP contribution >= 0.6 is 0 Å². The Morgan fingerprint density at radius 1 is 1.04 bits per heavy atom. The molecule has 24 heavy (non-hydrogen) atoms. The third-order valence-corrected chi connectivity index (χ3v) is 3.77. The van der Waals surface area contributed by atoms with Crippen molar-refractivity contribution in [3.05, 3.63) is 72.8 Å². The Balaban J connectivity index is 1.62. The highest BCUT2D eigenvalue weighted by Gasteiger charge is 2.07. The lowest BCUT2D eigenvalue weighted by atomic mass is 10.1. The standard InChI is InChI=1S/C18H16N6/c1-13-7-8-14(17-19-9-10-20-17)11-16(13)22-18-21-12-24(23-18)15-5-3-2-4-6-15/h2-12H,1H3,(H,19,20)(H,22,23). The smallest absolute Gasteiger partial charge is 0.246 e. The Bertz CT molecular complexity index is 941. The minimum Gasteiger partial charge on any atom is -0.345 e. The average Bonchev–Trinajstić information content (AvgIpc) is 3.29. The molecule has 4 rings (SSSR count). The molecule has 2 N–H and O–H groups in total. The summed E-state index contributed by atoms with van der Waals surface area (Å²) >= 11 is 0. The molecule has 118 valence electrons. The molecule has 6 heteroatoms. The average molecular weight is 316 g/mol. The first kappa shape index (κ1) is 14.2. The van der Waals surface area contributed by atoms with Gasteiger partial charge < -0.3 is 10.3 Å². The maximum absolute atomic E-state index is 4.48. The number of nitrogens with one attached hydrogen (secondary N) is 2. The number of rotatable bonds is 4. The van der Waals surface area contributed by atoms with E-state index in [1.165, 1.54) is 0 Å². The molecule has 0 amide bonds. The number of para-hydroxylation sites is 1. The molecule has 0 radical (unpaired) electrons. The van der Waals surface area contributed by atoms with Crippen molar-refractivity contribution in [1.29, 1.82) is 0 Å². The molecule has 0 unspecified atom stereocenters. The van der Waals surface area contributed by atoms with Crippen molar-refractivity contribution in [3.8, 4) is 17.1 Å². The third-order valence-electron chi connectivity index (χ3n) is 3.77. The van der Waals surface area contributed by atoms with E-state index in [2.05, 4.69) is 25.4 Å². The molecular weight excluding hydrogens is 300 g/mol. The number of H-pyrrole nitrogens is 1. The summed E-state index contributed by atoms with van der Waals surface area (Å²) in [5.41, 5.74) is 4.05. The quantitative estimate of drug-likeness (QED) is 0.602. The summed E-state index contributed by atoms with van der Waals surface area (Å²) in [6.45, 7) is 2.04. The first-order valence-corrected chi connectivity index (χ1v) is 7.64. The topological polar surface area (TPSA) is 71.4 Å². The molecule has 4 aromatic rings. The molecule has 6 nitrogen and oxygen atoms in total. The van der Waals surface area contributed by atoms with Crippen LogP contribution in [0.3, 0.4) is 0 Å². The van der Waals surface area contributed by atoms with Crippen LogP contribution in [0.4, 0.5) is 11.6 Å². The Kier molecular flexibility index (Phi) is 3.55. The Morgan fingerprint density at radius 3 is 2.71 bits per heavy atom. The minimum atomic E-state index is 0.554. The van der Waals surface area contributed by atoms with E-state index in [9.17, 15) is 0 Å². The fourth-order valence-corrected chi connectivity index (χ4v) is 2.47. The lowest BCUT2D eigenvalue weighted by Gasteiger charge is -2.08. The number of benzene rings is 2. The molecule has 0 fully saturated rings. The van der Waals surface area contributed by atoms with Crippen molar-refractivity contribution in [3.63, 3.8) is 0 Å². The van der Waals surface area contributed by atoms with E-state index in [1.807, 2.05) is 61.7 Å². The van der Waals surface area contributed by atoms with Gasteiger partial charge in [0, 0.05) is 23.6 Å². The predicted molar refractivity (Wildman–Crippen MR) is 93.4 cm³/mol. The summed E-state index contributed by atoms with van der Waals surface area (Å²) in [5.74, 6) is 1.39. The zero-order valence-corrected chi connectivity index (χ0v) is 13.1. The van der Waals surface area contributed by atoms with E-state index in [-0.39, 0.29) is 0 Å². The summed E-state index contributed by atoms with van der Waals surface area (Å²) in [6, 6.07) is 16.0. The first-order valence-electron chi connectivity index (χ1n) is 7.64. The number of nitrogens with zero attached hydrogens (tertiary/aromatic N) is 4. The second kappa shape index (κ2) is 6.00. The van der Waals surface area contributed by atoms with Gasteiger partial charge in [0.05, 0.1) is 5.69 Å². The highest BCUT2D eigenvalue weighted by Crippen LogP contribution is 2.25. The fourth-order valence-electron chi connectivity index (χ4n) is 2.47. The molecule has 0 bridgehead atoms. The van der Waals surface area contributed by atoms with Crippen LogP contribution in [-0.2, 0) is 0 Å². The predicted octanol–water partition coefficient (Wildman–Crippen LogP) is 3.71. The van der Waals surface area contributed by atoms with E-state index < -0.39 is 0 Å². The van der Waals surface area contributed by atoms with Gasteiger partial charge in [-0.05, 0) is 30.7 Å². The van der Waals surface area contributed by atoms with E-state index in [1.54, 1.807) is 17.2 Å². The molecule has 0 aliphatic heterocycles. The largest absolute Gasteiger partial charge is 0.345 e. The van der Waals surface area contributed by atoms with Crippen molar-refractivity contribution in [2.45, 2.75) is 6.92 Å². The normalized spacial score (nSPS) is 10.7. The highest BCUT2D eigenvalue weighted by atomic mass is 15.4. The molecule has 0 saturated heterocycles. The van der Waals surface area contributed by atoms with E-state index in [4.69, 9.17) is 0 Å². The highest BCUT2D eigenvalue weighted by molar-refractivity contribution is 5.68. The van der Waals surface area contributed by atoms with Gasteiger partial charge in [-0.25, -0.2) is 9.67 Å². The van der Waals surface area contributed by atoms with Crippen molar-refractivity contribution in [2.75, 3.05) is 5.32 Å². The van der Waals surface area contributed by atoms with E-state index >= 15 is 0 Å². The van der Waals surface area contributed by atoms with Gasteiger partial charge in [0.2, 0.25) is 5.95 Å². The lowest BCUT2D eigenvalue weighted by molar-refractivity contribution is 0.882. The summed E-state index contributed by atoms with van der Waals surface area (Å²) in [4.78, 5) is 11.7. The van der Waals surface area contributed by atoms with Crippen molar-refractivity contribution >= 4 is 11.6 Å². The SMILES string of the molecule is Cc1ccc(-c2ncc[nH]2)cc1Nc1ncn(-c2ccccc2)n1. The monoisotopic (exact) mass is 316 g/mol. The summed E-state index contributed by atoms with van der Waals surface area (Å²) in [5, 5.41) is 7.76. The summed E-state index contributed by atoms with van der Waals surface area (Å²) < 4.78 is 1.74. The third kappa shape index (κ3) is 2.77. The molecule has 0 aliphatic rings. The van der Waals surface area contributed by atoms with Crippen LogP contribution in [0.1, 0.15) is 5.56 Å². The molecule has 0 saturated carbocycles. The fraction of sp³-hybridized carbons (Fsp3) is 0.0556. The first-order chi connectivity index (χ1) is 11.8. The second-order valence-electron chi connectivity index (χ2n) is 5.44. The number of aryl methyl sites for hydroxylation is 1. The maximum Gasteiger partial charge on any atom is 0.246 e. The molecule has 2 aromatic carbocycles. The number of aromatic amines is 1. The van der Waals surface area contributed by atoms with Crippen LogP contribution in [-0.4, -0.2) is 24.7 Å². The van der Waals surface area contributed by atoms with Crippen LogP contribution in [0.5, 0.6) is 0 Å². The molecule has 2 aromatic heterocycles. The number of anilines is 2. The van der Waals surface area contributed by atoms with Gasteiger partial charge in [0.25, 0.3) is 0 Å². The van der Waals surface area contributed by atoms with Crippen LogP contribution in [0.25, 0.3) is 17.1 Å². The number of aromatic nitrogens is 5. The number of hydrogen-bond donors (Lipinski definition) is 2. The van der Waals surface area contributed by atoms with Crippen molar-refractivity contribution < 1.29 is 0 Å². The second-order valence-corrected chi connectivity index (χ2v) is 5.44. The molecule has 0 spiro atoms. The molecular formula is C18H16N6. The lowest BCUT2D eigenvalue weighted by Crippen LogP contribution is -1.98. The van der Waals surface area contributed by atoms with Crippen LogP contribution in [0.15, 0.2) is 67.3 Å². The maximum atomic E-state index is 4.48. The number of hydrogen-bond acceptors (Lipinski definition) is 4. The van der Waals surface area contributed by atoms with Gasteiger partial charge in [0.1, 0.15) is 12.2 Å². The van der Waals surface area contributed by atoms with Gasteiger partial charge in [-0.15, -0.1) is 5.10 Å². The molecule has 0 aliphatic carbocycles. The minimum absolute atomic E-state index is 0.554. The number of imidazole rings is 1. The van der Waals surface area contributed by atoms with Crippen LogP contribution < -0.4 is 5.32 Å². The summed E-state index contributed by atoms with van der Waals surface area (Å²) in [6.07, 6.45) is 5.25. The van der Waals surface area contributed by atoms with E-state index in [0.717, 1.165) is 28.3 Å². The Hall–Kier alpha value is -3.41. The van der Waals surface area contributed by atoms with Crippen LogP contribution in [0, 0.1) is 6.92 Å². The Labute approximate surface area is 139 Å². The zero-order valence-electron chi connectivity index (χ0n) is 13.1. The molecule has 2 heterocycles. The summed E-state index contributed by atoms with van der Waals surface area (Å²) in [7, 11) is 0. The van der Waals surface area contributed by atoms with Gasteiger partial charge in [0.15, 0.2) is 0 Å². The van der Waals surface area contributed by atoms with Gasteiger partial charge >= 0.3 is 0 Å². The van der Waals surface area contributed by atoms with Crippen molar-refractivity contribution in [1.82, 2.24) is 24.7 Å². The van der Waals surface area contributed by atoms with Gasteiger partial charge in [-0.1, -0.05) is 30.3 Å².